The Labute approximate surface area is 195 Å². The summed E-state index contributed by atoms with van der Waals surface area (Å²) in [6.07, 6.45) is 2.32. The fourth-order valence-corrected chi connectivity index (χ4v) is 3.39. The van der Waals surface area contributed by atoms with Crippen LogP contribution in [-0.2, 0) is 20.7 Å². The first-order valence-electron chi connectivity index (χ1n) is 11.1. The third-order valence-corrected chi connectivity index (χ3v) is 5.23. The average molecular weight is 459 g/mol. The molecule has 1 aromatic carbocycles. The van der Waals surface area contributed by atoms with E-state index in [1.54, 1.807) is 0 Å². The Balaban J connectivity index is 1.88. The minimum atomic E-state index is -0.948. The van der Waals surface area contributed by atoms with E-state index in [1.165, 1.54) is 31.9 Å². The average Bonchev–Trinajstić information content (AvgIpc) is 2.80. The van der Waals surface area contributed by atoms with Crippen LogP contribution in [0.25, 0.3) is 0 Å². The molecule has 2 N–H and O–H groups in total. The molecular formula is C25H34N2O6. The lowest BCUT2D eigenvalue weighted by molar-refractivity contribution is -0.162. The number of aromatic nitrogens is 1. The van der Waals surface area contributed by atoms with E-state index in [2.05, 4.69) is 22.4 Å². The Morgan fingerprint density at radius 3 is 2.42 bits per heavy atom. The lowest BCUT2D eigenvalue weighted by Crippen LogP contribution is -2.44. The molecule has 1 amide bonds. The van der Waals surface area contributed by atoms with Gasteiger partial charge in [0, 0.05) is 18.9 Å². The number of ether oxygens (including phenoxy) is 3. The van der Waals surface area contributed by atoms with Crippen molar-refractivity contribution in [2.75, 3.05) is 13.7 Å². The lowest BCUT2D eigenvalue weighted by Gasteiger charge is -2.28. The van der Waals surface area contributed by atoms with Crippen molar-refractivity contribution >= 4 is 11.9 Å². The van der Waals surface area contributed by atoms with Gasteiger partial charge in [-0.3, -0.25) is 4.79 Å². The Hall–Kier alpha value is -3.13. The van der Waals surface area contributed by atoms with Crippen LogP contribution in [0.5, 0.6) is 11.5 Å². The summed E-state index contributed by atoms with van der Waals surface area (Å²) in [6.45, 7) is 7.83. The number of pyridine rings is 1. The molecule has 0 radical (unpaired) electrons. The summed E-state index contributed by atoms with van der Waals surface area (Å²) >= 11 is 0. The molecule has 0 aliphatic rings. The molecule has 8 nitrogen and oxygen atoms in total. The van der Waals surface area contributed by atoms with Crippen LogP contribution in [0.3, 0.4) is 0 Å². The first-order valence-corrected chi connectivity index (χ1v) is 11.1. The van der Waals surface area contributed by atoms with Crippen molar-refractivity contribution in [1.29, 1.82) is 0 Å². The number of nitrogens with one attached hydrogen (secondary N) is 1. The highest BCUT2D eigenvalue weighted by Gasteiger charge is 2.29. The smallest absolute Gasteiger partial charge is 0.328 e. The standard InChI is InChI=1S/C25H34N2O6/c1-16(2)23(18(4)32-15-9-12-19-10-7-6-8-11-19)33-25(30)17(3)27-24(29)21-22(28)20(31-5)13-14-26-21/h6-8,10-11,13-14,16-18,23,28H,9,12,15H2,1-5H3,(H,27,29)/t17-,18-,23+/m0/s1. The van der Waals surface area contributed by atoms with E-state index in [0.29, 0.717) is 6.61 Å². The molecule has 0 unspecified atom stereocenters. The number of hydrogen-bond donors (Lipinski definition) is 2. The van der Waals surface area contributed by atoms with Crippen LogP contribution in [0.2, 0.25) is 0 Å². The topological polar surface area (TPSA) is 107 Å². The predicted octanol–water partition coefficient (Wildman–Crippen LogP) is 3.52. The summed E-state index contributed by atoms with van der Waals surface area (Å²) in [5.41, 5.74) is 1.02. The molecule has 0 bridgehead atoms. The first kappa shape index (κ1) is 26.1. The monoisotopic (exact) mass is 458 g/mol. The van der Waals surface area contributed by atoms with Crippen molar-refractivity contribution in [3.8, 4) is 11.5 Å². The molecule has 180 valence electrons. The molecule has 1 aromatic heterocycles. The second kappa shape index (κ2) is 12.8. The number of esters is 1. The summed E-state index contributed by atoms with van der Waals surface area (Å²) in [6, 6.07) is 10.7. The van der Waals surface area contributed by atoms with Crippen LogP contribution >= 0.6 is 0 Å². The molecule has 8 heteroatoms. The molecule has 0 spiro atoms. The van der Waals surface area contributed by atoms with Crippen molar-refractivity contribution < 1.29 is 28.9 Å². The van der Waals surface area contributed by atoms with E-state index in [4.69, 9.17) is 14.2 Å². The molecule has 0 saturated heterocycles. The van der Waals surface area contributed by atoms with Crippen LogP contribution in [-0.4, -0.2) is 53.9 Å². The fraction of sp³-hybridized carbons (Fsp3) is 0.480. The zero-order valence-corrected chi connectivity index (χ0v) is 19.9. The molecule has 0 fully saturated rings. The van der Waals surface area contributed by atoms with Gasteiger partial charge in [0.1, 0.15) is 12.1 Å². The van der Waals surface area contributed by atoms with Gasteiger partial charge in [0.05, 0.1) is 13.2 Å². The summed E-state index contributed by atoms with van der Waals surface area (Å²) in [4.78, 5) is 29.0. The predicted molar refractivity (Wildman–Crippen MR) is 124 cm³/mol. The molecule has 3 atom stereocenters. The van der Waals surface area contributed by atoms with Gasteiger partial charge >= 0.3 is 5.97 Å². The Morgan fingerprint density at radius 1 is 1.09 bits per heavy atom. The maximum absolute atomic E-state index is 12.7. The van der Waals surface area contributed by atoms with Crippen molar-refractivity contribution in [1.82, 2.24) is 10.3 Å². The third kappa shape index (κ3) is 7.75. The summed E-state index contributed by atoms with van der Waals surface area (Å²) < 4.78 is 16.6. The molecule has 1 heterocycles. The van der Waals surface area contributed by atoms with Crippen LogP contribution < -0.4 is 10.1 Å². The van der Waals surface area contributed by atoms with Crippen molar-refractivity contribution in [2.24, 2.45) is 5.92 Å². The van der Waals surface area contributed by atoms with Gasteiger partial charge in [0.15, 0.2) is 17.2 Å². The fourth-order valence-electron chi connectivity index (χ4n) is 3.39. The van der Waals surface area contributed by atoms with Gasteiger partial charge in [-0.25, -0.2) is 9.78 Å². The summed E-state index contributed by atoms with van der Waals surface area (Å²) in [5.74, 6) is -1.56. The van der Waals surface area contributed by atoms with E-state index >= 15 is 0 Å². The number of methoxy groups -OCH3 is 1. The molecule has 2 aromatic rings. The highest BCUT2D eigenvalue weighted by atomic mass is 16.6. The summed E-state index contributed by atoms with van der Waals surface area (Å²) in [7, 11) is 1.37. The second-order valence-electron chi connectivity index (χ2n) is 8.22. The van der Waals surface area contributed by atoms with Gasteiger partial charge in [-0.1, -0.05) is 44.2 Å². The number of benzene rings is 1. The van der Waals surface area contributed by atoms with Crippen molar-refractivity contribution in [3.05, 3.63) is 53.9 Å². The molecule has 0 aliphatic carbocycles. The lowest BCUT2D eigenvalue weighted by atomic mass is 10.0. The van der Waals surface area contributed by atoms with Crippen LogP contribution in [0.15, 0.2) is 42.6 Å². The molecular weight excluding hydrogens is 424 g/mol. The van der Waals surface area contributed by atoms with E-state index in [-0.39, 0.29) is 23.5 Å². The first-order chi connectivity index (χ1) is 15.7. The number of carbonyl (C=O) groups excluding carboxylic acids is 2. The number of carbonyl (C=O) groups is 2. The Morgan fingerprint density at radius 2 is 1.79 bits per heavy atom. The Bertz CT molecular complexity index is 903. The van der Waals surface area contributed by atoms with Gasteiger partial charge in [0.25, 0.3) is 5.91 Å². The molecule has 0 saturated carbocycles. The highest BCUT2D eigenvalue weighted by molar-refractivity contribution is 5.97. The number of rotatable bonds is 12. The number of amides is 1. The van der Waals surface area contributed by atoms with Gasteiger partial charge in [0.2, 0.25) is 0 Å². The second-order valence-corrected chi connectivity index (χ2v) is 8.22. The normalized spacial score (nSPS) is 13.8. The largest absolute Gasteiger partial charge is 0.503 e. The van der Waals surface area contributed by atoms with E-state index in [9.17, 15) is 14.7 Å². The molecule has 2 rings (SSSR count). The van der Waals surface area contributed by atoms with Gasteiger partial charge in [-0.15, -0.1) is 0 Å². The van der Waals surface area contributed by atoms with Crippen LogP contribution in [0, 0.1) is 5.92 Å². The SMILES string of the molecule is COc1ccnc(C(=O)N[C@@H](C)C(=O)O[C@H](C(C)C)[C@H](C)OCCCc2ccccc2)c1O. The number of aryl methyl sites for hydroxylation is 1. The van der Waals surface area contributed by atoms with E-state index < -0.39 is 29.8 Å². The van der Waals surface area contributed by atoms with Gasteiger partial charge in [-0.2, -0.15) is 0 Å². The number of aromatic hydroxyl groups is 1. The zero-order chi connectivity index (χ0) is 24.4. The van der Waals surface area contributed by atoms with E-state index in [0.717, 1.165) is 12.8 Å². The minimum absolute atomic E-state index is 0.0186. The maximum atomic E-state index is 12.7. The Kier molecular flexibility index (Phi) is 10.1. The maximum Gasteiger partial charge on any atom is 0.328 e. The molecule has 0 aliphatic heterocycles. The zero-order valence-electron chi connectivity index (χ0n) is 19.9. The third-order valence-electron chi connectivity index (χ3n) is 5.23. The van der Waals surface area contributed by atoms with Crippen molar-refractivity contribution in [3.63, 3.8) is 0 Å². The number of hydrogen-bond acceptors (Lipinski definition) is 7. The van der Waals surface area contributed by atoms with Gasteiger partial charge < -0.3 is 24.6 Å². The summed E-state index contributed by atoms with van der Waals surface area (Å²) in [5, 5.41) is 12.6. The van der Waals surface area contributed by atoms with Crippen LogP contribution in [0.4, 0.5) is 0 Å². The number of nitrogens with zero attached hydrogens (tertiary/aromatic N) is 1. The molecule has 33 heavy (non-hydrogen) atoms. The van der Waals surface area contributed by atoms with Crippen LogP contribution in [0.1, 0.15) is 50.2 Å². The highest BCUT2D eigenvalue weighted by Crippen LogP contribution is 2.27. The quantitative estimate of drug-likeness (QED) is 0.370. The van der Waals surface area contributed by atoms with E-state index in [1.807, 2.05) is 39.0 Å². The van der Waals surface area contributed by atoms with Gasteiger partial charge in [-0.05, 0) is 38.2 Å². The van der Waals surface area contributed by atoms with Crippen molar-refractivity contribution in [2.45, 2.75) is 58.8 Å². The minimum Gasteiger partial charge on any atom is -0.503 e.